The number of hydrogen-bond acceptors (Lipinski definition) is 5. The molecule has 1 aromatic rings. The summed E-state index contributed by atoms with van der Waals surface area (Å²) in [7, 11) is -3.01. The summed E-state index contributed by atoms with van der Waals surface area (Å²) >= 11 is 0. The summed E-state index contributed by atoms with van der Waals surface area (Å²) in [5, 5.41) is 15.6. The Hall–Kier alpha value is -1.71. The van der Waals surface area contributed by atoms with E-state index >= 15 is 0 Å². The highest BCUT2D eigenvalue weighted by Gasteiger charge is 2.43. The van der Waals surface area contributed by atoms with Crippen molar-refractivity contribution in [1.29, 1.82) is 10.7 Å². The van der Waals surface area contributed by atoms with Crippen LogP contribution in [0.2, 0.25) is 0 Å². The summed E-state index contributed by atoms with van der Waals surface area (Å²) in [5.41, 5.74) is 1.36. The van der Waals surface area contributed by atoms with Crippen molar-refractivity contribution in [1.82, 2.24) is 0 Å². The predicted octanol–water partition coefficient (Wildman–Crippen LogP) is 1.97. The molecule has 1 heterocycles. The zero-order valence-corrected chi connectivity index (χ0v) is 11.0. The molecular formula is C12H14N2O3S. The van der Waals surface area contributed by atoms with E-state index < -0.39 is 15.6 Å². The van der Waals surface area contributed by atoms with Gasteiger partial charge in [-0.3, -0.25) is 5.41 Å². The van der Waals surface area contributed by atoms with E-state index in [1.807, 2.05) is 19.1 Å². The fourth-order valence-electron chi connectivity index (χ4n) is 1.18. The molecular weight excluding hydrogens is 252 g/mol. The summed E-state index contributed by atoms with van der Waals surface area (Å²) in [5.74, 6) is 0. The molecule has 18 heavy (non-hydrogen) atoms. The van der Waals surface area contributed by atoms with Crippen molar-refractivity contribution in [2.24, 2.45) is 0 Å². The van der Waals surface area contributed by atoms with Gasteiger partial charge in [-0.05, 0) is 13.3 Å². The van der Waals surface area contributed by atoms with Gasteiger partial charge < -0.3 is 0 Å². The molecule has 1 unspecified atom stereocenters. The van der Waals surface area contributed by atoms with E-state index in [1.54, 1.807) is 25.1 Å². The monoisotopic (exact) mass is 266 g/mol. The van der Waals surface area contributed by atoms with Crippen molar-refractivity contribution in [3.8, 4) is 6.07 Å². The van der Waals surface area contributed by atoms with E-state index in [0.29, 0.717) is 12.0 Å². The first kappa shape index (κ1) is 14.4. The molecule has 0 radical (unpaired) electrons. The molecule has 0 aromatic heterocycles. The molecule has 0 saturated carbocycles. The molecule has 2 rings (SSSR count). The molecule has 0 aliphatic carbocycles. The van der Waals surface area contributed by atoms with Crippen LogP contribution in [-0.2, 0) is 14.3 Å². The van der Waals surface area contributed by atoms with Gasteiger partial charge in [0.25, 0.3) is 10.1 Å². The van der Waals surface area contributed by atoms with E-state index in [9.17, 15) is 8.42 Å². The molecule has 1 fully saturated rings. The van der Waals surface area contributed by atoms with Gasteiger partial charge in [0, 0.05) is 5.56 Å². The molecule has 1 atom stereocenters. The maximum Gasteiger partial charge on any atom is 0.297 e. The molecule has 1 aromatic carbocycles. The van der Waals surface area contributed by atoms with Gasteiger partial charge in [-0.25, -0.2) is 4.18 Å². The lowest BCUT2D eigenvalue weighted by molar-refractivity contribution is 0.437. The number of nitrogens with one attached hydrogen (secondary N) is 1. The van der Waals surface area contributed by atoms with Crippen LogP contribution in [0.25, 0.3) is 0 Å². The van der Waals surface area contributed by atoms with Gasteiger partial charge in [-0.2, -0.15) is 13.7 Å². The fourth-order valence-corrected chi connectivity index (χ4v) is 2.17. The zero-order chi connectivity index (χ0) is 13.8. The Labute approximate surface area is 107 Å². The van der Waals surface area contributed by atoms with E-state index in [4.69, 9.17) is 10.7 Å². The van der Waals surface area contributed by atoms with Gasteiger partial charge in [-0.15, -0.1) is 0 Å². The van der Waals surface area contributed by atoms with Crippen molar-refractivity contribution in [3.05, 3.63) is 35.4 Å². The topological polar surface area (TPSA) is 94.3 Å². The Bertz CT molecular complexity index is 570. The lowest BCUT2D eigenvalue weighted by Crippen LogP contribution is -1.93. The first-order chi connectivity index (χ1) is 8.40. The van der Waals surface area contributed by atoms with Crippen LogP contribution in [0.15, 0.2) is 24.3 Å². The minimum absolute atomic E-state index is 0.0185. The highest BCUT2D eigenvalue weighted by Crippen LogP contribution is 2.26. The Kier molecular flexibility index (Phi) is 4.59. The van der Waals surface area contributed by atoms with Crippen molar-refractivity contribution in [3.63, 3.8) is 0 Å². The third kappa shape index (κ3) is 3.95. The van der Waals surface area contributed by atoms with Crippen LogP contribution in [0.4, 0.5) is 0 Å². The van der Waals surface area contributed by atoms with Gasteiger partial charge in [0.15, 0.2) is 0 Å². The zero-order valence-electron chi connectivity index (χ0n) is 10.2. The number of rotatable bonds is 2. The number of nitriles is 1. The molecule has 96 valence electrons. The molecule has 1 aliphatic rings. The molecule has 0 amide bonds. The van der Waals surface area contributed by atoms with E-state index in [-0.39, 0.29) is 5.71 Å². The predicted molar refractivity (Wildman–Crippen MR) is 67.7 cm³/mol. The third-order valence-corrected chi connectivity index (χ3v) is 3.70. The molecule has 1 aliphatic heterocycles. The average Bonchev–Trinajstić information content (AvgIpc) is 2.98. The van der Waals surface area contributed by atoms with Crippen molar-refractivity contribution < 1.29 is 12.6 Å². The SMILES string of the molecule is CCC1OS1(=O)=O.Cc1ccc(C(=N)C#N)cc1. The highest BCUT2D eigenvalue weighted by atomic mass is 32.2. The van der Waals surface area contributed by atoms with Crippen LogP contribution < -0.4 is 0 Å². The van der Waals surface area contributed by atoms with Gasteiger partial charge in [0.2, 0.25) is 5.44 Å². The van der Waals surface area contributed by atoms with Crippen molar-refractivity contribution in [2.45, 2.75) is 25.7 Å². The molecule has 0 spiro atoms. The van der Waals surface area contributed by atoms with E-state index in [2.05, 4.69) is 4.18 Å². The second-order valence-electron chi connectivity index (χ2n) is 3.78. The van der Waals surface area contributed by atoms with Crippen LogP contribution in [-0.4, -0.2) is 19.6 Å². The smallest absolute Gasteiger partial charge is 0.290 e. The minimum atomic E-state index is -3.01. The van der Waals surface area contributed by atoms with E-state index in [1.165, 1.54) is 0 Å². The molecule has 6 heteroatoms. The maximum atomic E-state index is 10.1. The van der Waals surface area contributed by atoms with Gasteiger partial charge in [0.1, 0.15) is 11.8 Å². The Balaban J connectivity index is 0.000000199. The van der Waals surface area contributed by atoms with Crippen LogP contribution in [0.1, 0.15) is 24.5 Å². The molecule has 5 nitrogen and oxygen atoms in total. The van der Waals surface area contributed by atoms with Gasteiger partial charge in [0.05, 0.1) is 0 Å². The highest BCUT2D eigenvalue weighted by molar-refractivity contribution is 7.92. The van der Waals surface area contributed by atoms with Crippen LogP contribution in [0.3, 0.4) is 0 Å². The summed E-state index contributed by atoms with van der Waals surface area (Å²) in [6.07, 6.45) is 0.572. The Morgan fingerprint density at radius 2 is 1.94 bits per heavy atom. The average molecular weight is 266 g/mol. The minimum Gasteiger partial charge on any atom is -0.290 e. The number of benzene rings is 1. The van der Waals surface area contributed by atoms with Crippen molar-refractivity contribution in [2.75, 3.05) is 0 Å². The standard InChI is InChI=1S/C9H8N2.C3H6O3S/c1-7-2-4-8(5-3-7)9(11)6-10;1-2-3-6-7(3,4)5/h2-5,11H,1H3;3H,2H2,1H3. The number of aryl methyl sites for hydroxylation is 1. The Morgan fingerprint density at radius 1 is 1.44 bits per heavy atom. The van der Waals surface area contributed by atoms with Gasteiger partial charge in [-0.1, -0.05) is 36.8 Å². The summed E-state index contributed by atoms with van der Waals surface area (Å²) in [6, 6.07) is 9.12. The van der Waals surface area contributed by atoms with Crippen LogP contribution >= 0.6 is 0 Å². The lowest BCUT2D eigenvalue weighted by atomic mass is 10.1. The first-order valence-corrected chi connectivity index (χ1v) is 6.85. The van der Waals surface area contributed by atoms with Crippen molar-refractivity contribution >= 4 is 15.8 Å². The first-order valence-electron chi connectivity index (χ1n) is 5.38. The van der Waals surface area contributed by atoms with Crippen LogP contribution in [0, 0.1) is 23.7 Å². The van der Waals surface area contributed by atoms with Gasteiger partial charge >= 0.3 is 0 Å². The molecule has 0 bridgehead atoms. The number of nitrogens with zero attached hydrogens (tertiary/aromatic N) is 1. The molecule has 1 saturated heterocycles. The summed E-state index contributed by atoms with van der Waals surface area (Å²) in [6.45, 7) is 3.75. The van der Waals surface area contributed by atoms with E-state index in [0.717, 1.165) is 5.56 Å². The quantitative estimate of drug-likeness (QED) is 0.654. The lowest BCUT2D eigenvalue weighted by Gasteiger charge is -1.94. The van der Waals surface area contributed by atoms with Crippen LogP contribution in [0.5, 0.6) is 0 Å². The largest absolute Gasteiger partial charge is 0.297 e. The summed E-state index contributed by atoms with van der Waals surface area (Å²) < 4.78 is 24.4. The third-order valence-electron chi connectivity index (χ3n) is 2.31. The Morgan fingerprint density at radius 3 is 2.22 bits per heavy atom. The molecule has 1 N–H and O–H groups in total. The summed E-state index contributed by atoms with van der Waals surface area (Å²) in [4.78, 5) is 0. The maximum absolute atomic E-state index is 10.1. The second kappa shape index (κ2) is 5.76. The number of hydrogen-bond donors (Lipinski definition) is 1. The second-order valence-corrected chi connectivity index (χ2v) is 5.48. The fraction of sp³-hybridized carbons (Fsp3) is 0.333. The normalized spacial score (nSPS) is 19.1.